The average Bonchev–Trinajstić information content (AvgIpc) is 2.44. The number of nitrogens with one attached hydrogen (secondary N) is 2. The smallest absolute Gasteiger partial charge is 0.384 e. The molecule has 0 fully saturated rings. The van der Waals surface area contributed by atoms with E-state index in [0.717, 1.165) is 25.3 Å². The van der Waals surface area contributed by atoms with E-state index in [4.69, 9.17) is 11.6 Å². The second kappa shape index (κ2) is 8.88. The van der Waals surface area contributed by atoms with Crippen LogP contribution in [0.1, 0.15) is 38.2 Å². The van der Waals surface area contributed by atoms with Gasteiger partial charge in [0, 0.05) is 30.2 Å². The lowest BCUT2D eigenvalue weighted by Gasteiger charge is -2.15. The standard InChI is InChI=1S/C15H20ClF3N2O/c1-2-3-4-8-21-14(22)7-9-20-13-6-5-11(16)10-12(13)15(17,18)19/h5-6,10,20H,2-4,7-9H2,1H3,(H,21,22). The molecule has 0 saturated heterocycles. The van der Waals surface area contributed by atoms with Gasteiger partial charge in [-0.1, -0.05) is 31.4 Å². The predicted molar refractivity (Wildman–Crippen MR) is 82.1 cm³/mol. The van der Waals surface area contributed by atoms with Gasteiger partial charge in [-0.05, 0) is 24.6 Å². The number of carbonyl (C=O) groups excluding carboxylic acids is 1. The van der Waals surface area contributed by atoms with E-state index in [1.807, 2.05) is 0 Å². The van der Waals surface area contributed by atoms with Gasteiger partial charge in [0.25, 0.3) is 0 Å². The molecule has 0 aromatic heterocycles. The number of carbonyl (C=O) groups is 1. The summed E-state index contributed by atoms with van der Waals surface area (Å²) in [5.74, 6) is -0.175. The molecule has 0 aliphatic rings. The van der Waals surface area contributed by atoms with Crippen LogP contribution in [-0.4, -0.2) is 19.0 Å². The molecule has 2 N–H and O–H groups in total. The molecule has 0 aliphatic heterocycles. The fraction of sp³-hybridized carbons (Fsp3) is 0.533. The van der Waals surface area contributed by atoms with Crippen LogP contribution < -0.4 is 10.6 Å². The van der Waals surface area contributed by atoms with Crippen molar-refractivity contribution in [3.05, 3.63) is 28.8 Å². The highest BCUT2D eigenvalue weighted by Gasteiger charge is 2.33. The Bertz CT molecular complexity index is 492. The van der Waals surface area contributed by atoms with Gasteiger partial charge in [0.1, 0.15) is 0 Å². The lowest BCUT2D eigenvalue weighted by atomic mass is 10.1. The van der Waals surface area contributed by atoms with Crippen LogP contribution in [0.15, 0.2) is 18.2 Å². The summed E-state index contributed by atoms with van der Waals surface area (Å²) < 4.78 is 38.6. The van der Waals surface area contributed by atoms with E-state index >= 15 is 0 Å². The molecule has 1 rings (SSSR count). The summed E-state index contributed by atoms with van der Waals surface area (Å²) in [6.45, 7) is 2.79. The fourth-order valence-corrected chi connectivity index (χ4v) is 2.08. The zero-order chi connectivity index (χ0) is 16.6. The SMILES string of the molecule is CCCCCNC(=O)CCNc1ccc(Cl)cc1C(F)(F)F. The van der Waals surface area contributed by atoms with Crippen molar-refractivity contribution in [2.24, 2.45) is 0 Å². The number of rotatable bonds is 8. The highest BCUT2D eigenvalue weighted by molar-refractivity contribution is 6.30. The minimum Gasteiger partial charge on any atom is -0.384 e. The van der Waals surface area contributed by atoms with Crippen LogP contribution in [0, 0.1) is 0 Å². The molecule has 1 amide bonds. The summed E-state index contributed by atoms with van der Waals surface area (Å²) in [7, 11) is 0. The minimum atomic E-state index is -4.49. The summed E-state index contributed by atoms with van der Waals surface area (Å²) in [6, 6.07) is 3.52. The van der Waals surface area contributed by atoms with E-state index in [0.29, 0.717) is 6.54 Å². The summed E-state index contributed by atoms with van der Waals surface area (Å²) in [6.07, 6.45) is -1.36. The van der Waals surface area contributed by atoms with E-state index in [9.17, 15) is 18.0 Å². The van der Waals surface area contributed by atoms with E-state index in [2.05, 4.69) is 17.6 Å². The quantitative estimate of drug-likeness (QED) is 0.688. The molecule has 7 heteroatoms. The summed E-state index contributed by atoms with van der Waals surface area (Å²) in [4.78, 5) is 11.5. The molecule has 0 saturated carbocycles. The summed E-state index contributed by atoms with van der Waals surface area (Å²) in [5.41, 5.74) is -0.904. The largest absolute Gasteiger partial charge is 0.418 e. The number of benzene rings is 1. The zero-order valence-electron chi connectivity index (χ0n) is 12.4. The number of alkyl halides is 3. The monoisotopic (exact) mass is 336 g/mol. The van der Waals surface area contributed by atoms with Gasteiger partial charge in [-0.3, -0.25) is 4.79 Å². The van der Waals surface area contributed by atoms with Gasteiger partial charge in [-0.15, -0.1) is 0 Å². The zero-order valence-corrected chi connectivity index (χ0v) is 13.2. The molecule has 0 spiro atoms. The maximum atomic E-state index is 12.9. The number of amides is 1. The van der Waals surface area contributed by atoms with Crippen molar-refractivity contribution in [3.8, 4) is 0 Å². The minimum absolute atomic E-state index is 0.0199. The predicted octanol–water partition coefficient (Wildman–Crippen LogP) is 4.47. The number of halogens is 4. The lowest BCUT2D eigenvalue weighted by molar-refractivity contribution is -0.137. The molecule has 1 aromatic carbocycles. The van der Waals surface area contributed by atoms with Crippen LogP contribution in [0.4, 0.5) is 18.9 Å². The van der Waals surface area contributed by atoms with E-state index in [1.54, 1.807) is 0 Å². The first kappa shape index (κ1) is 18.6. The van der Waals surface area contributed by atoms with Gasteiger partial charge >= 0.3 is 6.18 Å². The average molecular weight is 337 g/mol. The van der Waals surface area contributed by atoms with Crippen LogP contribution in [0.2, 0.25) is 5.02 Å². The van der Waals surface area contributed by atoms with Crippen LogP contribution in [0.3, 0.4) is 0 Å². The Balaban J connectivity index is 2.47. The Hall–Kier alpha value is -1.43. The van der Waals surface area contributed by atoms with Gasteiger partial charge in [-0.25, -0.2) is 0 Å². The summed E-state index contributed by atoms with van der Waals surface area (Å²) >= 11 is 5.60. The van der Waals surface area contributed by atoms with Crippen molar-refractivity contribution in [1.29, 1.82) is 0 Å². The number of anilines is 1. The molecule has 0 radical (unpaired) electrons. The Morgan fingerprint density at radius 1 is 1.23 bits per heavy atom. The number of hydrogen-bond donors (Lipinski definition) is 2. The molecule has 1 aromatic rings. The Morgan fingerprint density at radius 2 is 1.95 bits per heavy atom. The van der Waals surface area contributed by atoms with Crippen LogP contribution in [-0.2, 0) is 11.0 Å². The molecular weight excluding hydrogens is 317 g/mol. The highest BCUT2D eigenvalue weighted by atomic mass is 35.5. The third-order valence-electron chi connectivity index (χ3n) is 3.06. The van der Waals surface area contributed by atoms with E-state index in [1.165, 1.54) is 12.1 Å². The van der Waals surface area contributed by atoms with Gasteiger partial charge in [0.05, 0.1) is 5.56 Å². The molecule has 0 heterocycles. The van der Waals surface area contributed by atoms with Gasteiger partial charge < -0.3 is 10.6 Å². The molecule has 0 bridgehead atoms. The van der Waals surface area contributed by atoms with Crippen molar-refractivity contribution >= 4 is 23.2 Å². The van der Waals surface area contributed by atoms with Crippen molar-refractivity contribution in [2.75, 3.05) is 18.4 Å². The summed E-state index contributed by atoms with van der Waals surface area (Å²) in [5, 5.41) is 5.40. The topological polar surface area (TPSA) is 41.1 Å². The second-order valence-electron chi connectivity index (χ2n) is 4.92. The van der Waals surface area contributed by atoms with Gasteiger partial charge in [-0.2, -0.15) is 13.2 Å². The molecule has 3 nitrogen and oxygen atoms in total. The number of unbranched alkanes of at least 4 members (excludes halogenated alkanes) is 2. The maximum Gasteiger partial charge on any atom is 0.418 e. The molecule has 124 valence electrons. The van der Waals surface area contributed by atoms with Gasteiger partial charge in [0.2, 0.25) is 5.91 Å². The van der Waals surface area contributed by atoms with Crippen LogP contribution in [0.25, 0.3) is 0 Å². The second-order valence-corrected chi connectivity index (χ2v) is 5.36. The first-order valence-electron chi connectivity index (χ1n) is 7.22. The third kappa shape index (κ3) is 6.56. The molecular formula is C15H20ClF3N2O. The van der Waals surface area contributed by atoms with Crippen LogP contribution >= 0.6 is 11.6 Å². The normalized spacial score (nSPS) is 11.3. The van der Waals surface area contributed by atoms with Gasteiger partial charge in [0.15, 0.2) is 0 Å². The molecule has 0 aliphatic carbocycles. The molecule has 22 heavy (non-hydrogen) atoms. The Kier molecular flexibility index (Phi) is 7.51. The Labute approximate surface area is 133 Å². The van der Waals surface area contributed by atoms with E-state index < -0.39 is 11.7 Å². The fourth-order valence-electron chi connectivity index (χ4n) is 1.91. The first-order valence-corrected chi connectivity index (χ1v) is 7.59. The lowest BCUT2D eigenvalue weighted by Crippen LogP contribution is -2.26. The maximum absolute atomic E-state index is 12.9. The molecule has 0 unspecified atom stereocenters. The first-order chi connectivity index (χ1) is 10.3. The van der Waals surface area contributed by atoms with Crippen LogP contribution in [0.5, 0.6) is 0 Å². The van der Waals surface area contributed by atoms with Crippen molar-refractivity contribution < 1.29 is 18.0 Å². The van der Waals surface area contributed by atoms with Crippen molar-refractivity contribution in [3.63, 3.8) is 0 Å². The van der Waals surface area contributed by atoms with Crippen molar-refractivity contribution in [2.45, 2.75) is 38.8 Å². The van der Waals surface area contributed by atoms with E-state index in [-0.39, 0.29) is 29.6 Å². The molecule has 0 atom stereocenters. The highest BCUT2D eigenvalue weighted by Crippen LogP contribution is 2.36. The number of hydrogen-bond acceptors (Lipinski definition) is 2. The Morgan fingerprint density at radius 3 is 2.59 bits per heavy atom. The third-order valence-corrected chi connectivity index (χ3v) is 3.29. The van der Waals surface area contributed by atoms with Crippen molar-refractivity contribution in [1.82, 2.24) is 5.32 Å².